The molecule has 0 aliphatic heterocycles. The van der Waals surface area contributed by atoms with E-state index in [1.165, 1.54) is 0 Å². The second-order valence-electron chi connectivity index (χ2n) is 4.74. The molecule has 0 saturated heterocycles. The van der Waals surface area contributed by atoms with E-state index in [2.05, 4.69) is 31.9 Å². The summed E-state index contributed by atoms with van der Waals surface area (Å²) in [4.78, 5) is 10.7. The molecular weight excluding hydrogens is 390 g/mol. The summed E-state index contributed by atoms with van der Waals surface area (Å²) in [6.45, 7) is 6.38. The summed E-state index contributed by atoms with van der Waals surface area (Å²) in [6.07, 6.45) is 2.04. The van der Waals surface area contributed by atoms with Crippen LogP contribution in [0, 0.1) is 16.0 Å². The summed E-state index contributed by atoms with van der Waals surface area (Å²) >= 11 is 6.85. The Morgan fingerprint density at radius 2 is 1.95 bits per heavy atom. The van der Waals surface area contributed by atoms with Gasteiger partial charge in [0.15, 0.2) is 0 Å². The Morgan fingerprint density at radius 1 is 1.40 bits per heavy atom. The molecule has 4 nitrogen and oxygen atoms in total. The van der Waals surface area contributed by atoms with Gasteiger partial charge in [-0.05, 0) is 62.4 Å². The lowest BCUT2D eigenvalue weighted by Gasteiger charge is -2.09. The third-order valence-corrected chi connectivity index (χ3v) is 3.67. The molecule has 0 fully saturated rings. The number of rotatable bonds is 6. The van der Waals surface area contributed by atoms with Crippen LogP contribution in [-0.2, 0) is 0 Å². The molecule has 0 spiro atoms. The van der Waals surface area contributed by atoms with Gasteiger partial charge in [-0.3, -0.25) is 10.1 Å². The van der Waals surface area contributed by atoms with Crippen molar-refractivity contribution < 1.29 is 9.66 Å². The lowest BCUT2D eigenvalue weighted by Crippen LogP contribution is -2.02. The van der Waals surface area contributed by atoms with E-state index < -0.39 is 0 Å². The molecule has 0 aromatic heterocycles. The van der Waals surface area contributed by atoms with Gasteiger partial charge in [-0.2, -0.15) is 0 Å². The Labute approximate surface area is 135 Å². The van der Waals surface area contributed by atoms with Crippen molar-refractivity contribution in [2.45, 2.75) is 27.2 Å². The van der Waals surface area contributed by atoms with E-state index in [9.17, 15) is 10.1 Å². The molecule has 1 rings (SSSR count). The van der Waals surface area contributed by atoms with Gasteiger partial charge in [-0.15, -0.1) is 0 Å². The van der Waals surface area contributed by atoms with Gasteiger partial charge in [0.25, 0.3) is 0 Å². The van der Waals surface area contributed by atoms with E-state index in [4.69, 9.17) is 4.74 Å². The number of allylic oxidation sites excluding steroid dienone is 1. The quantitative estimate of drug-likeness (QED) is 0.477. The monoisotopic (exact) mass is 405 g/mol. The van der Waals surface area contributed by atoms with Crippen LogP contribution in [-0.4, -0.2) is 11.5 Å². The van der Waals surface area contributed by atoms with Gasteiger partial charge in [-0.25, -0.2) is 0 Å². The van der Waals surface area contributed by atoms with Gasteiger partial charge >= 0.3 is 0 Å². The number of halogens is 2. The van der Waals surface area contributed by atoms with Crippen LogP contribution in [0.3, 0.4) is 0 Å². The first-order valence-corrected chi connectivity index (χ1v) is 7.90. The first-order chi connectivity index (χ1) is 9.35. The third kappa shape index (κ3) is 4.90. The Bertz CT molecular complexity index is 504. The number of benzene rings is 1. The second kappa shape index (κ2) is 7.78. The van der Waals surface area contributed by atoms with Crippen molar-refractivity contribution >= 4 is 37.9 Å². The van der Waals surface area contributed by atoms with Gasteiger partial charge in [-0.1, -0.05) is 13.8 Å². The molecule has 0 bridgehead atoms. The molecule has 0 amide bonds. The molecule has 6 heteroatoms. The fourth-order valence-corrected chi connectivity index (χ4v) is 3.19. The van der Waals surface area contributed by atoms with Gasteiger partial charge in [0, 0.05) is 12.5 Å². The molecule has 0 aliphatic rings. The maximum atomic E-state index is 11.1. The Hall–Kier alpha value is -0.880. The SMILES string of the molecule is CCOc1c(Br)cc(C=C(CC(C)C)[N+](=O)[O-])cc1Br. The Morgan fingerprint density at radius 3 is 2.35 bits per heavy atom. The van der Waals surface area contributed by atoms with Crippen LogP contribution in [0.4, 0.5) is 0 Å². The van der Waals surface area contributed by atoms with Crippen LogP contribution in [0.1, 0.15) is 32.8 Å². The summed E-state index contributed by atoms with van der Waals surface area (Å²) in [5, 5.41) is 11.1. The van der Waals surface area contributed by atoms with Crippen molar-refractivity contribution in [3.05, 3.63) is 42.5 Å². The highest BCUT2D eigenvalue weighted by Crippen LogP contribution is 2.35. The molecule has 0 aliphatic carbocycles. The maximum Gasteiger partial charge on any atom is 0.247 e. The molecule has 110 valence electrons. The molecule has 0 unspecified atom stereocenters. The molecule has 0 atom stereocenters. The Kier molecular flexibility index (Phi) is 6.68. The maximum absolute atomic E-state index is 11.1. The van der Waals surface area contributed by atoms with E-state index in [0.29, 0.717) is 18.8 Å². The highest BCUT2D eigenvalue weighted by molar-refractivity contribution is 9.11. The summed E-state index contributed by atoms with van der Waals surface area (Å²) in [5.41, 5.74) is 0.975. The summed E-state index contributed by atoms with van der Waals surface area (Å²) in [5.74, 6) is 0.942. The van der Waals surface area contributed by atoms with Gasteiger partial charge < -0.3 is 4.74 Å². The first kappa shape index (κ1) is 17.2. The van der Waals surface area contributed by atoms with E-state index in [0.717, 1.165) is 14.5 Å². The van der Waals surface area contributed by atoms with Crippen molar-refractivity contribution in [1.82, 2.24) is 0 Å². The first-order valence-electron chi connectivity index (χ1n) is 6.32. The smallest absolute Gasteiger partial charge is 0.247 e. The number of hydrogen-bond acceptors (Lipinski definition) is 3. The van der Waals surface area contributed by atoms with Crippen LogP contribution in [0.2, 0.25) is 0 Å². The minimum Gasteiger partial charge on any atom is -0.492 e. The van der Waals surface area contributed by atoms with Crippen LogP contribution >= 0.6 is 31.9 Å². The van der Waals surface area contributed by atoms with Crippen LogP contribution < -0.4 is 4.74 Å². The van der Waals surface area contributed by atoms with E-state index in [1.54, 1.807) is 6.08 Å². The Balaban J connectivity index is 3.16. The topological polar surface area (TPSA) is 52.4 Å². The summed E-state index contributed by atoms with van der Waals surface area (Å²) < 4.78 is 7.03. The van der Waals surface area contributed by atoms with Crippen molar-refractivity contribution in [2.24, 2.45) is 5.92 Å². The van der Waals surface area contributed by atoms with E-state index in [1.807, 2.05) is 32.9 Å². The number of nitro groups is 1. The largest absolute Gasteiger partial charge is 0.492 e. The lowest BCUT2D eigenvalue weighted by atomic mass is 10.1. The predicted octanol–water partition coefficient (Wildman–Crippen LogP) is 5.27. The zero-order valence-corrected chi connectivity index (χ0v) is 14.8. The standard InChI is InChI=1S/C14H17Br2NO3/c1-4-20-14-12(15)7-10(8-13(14)16)6-11(17(18)19)5-9(2)3/h6-9H,4-5H2,1-3H3. The molecule has 0 heterocycles. The zero-order valence-electron chi connectivity index (χ0n) is 11.7. The fraction of sp³-hybridized carbons (Fsp3) is 0.429. The minimum atomic E-state index is -0.321. The average Bonchev–Trinajstić information content (AvgIpc) is 2.32. The zero-order chi connectivity index (χ0) is 15.3. The third-order valence-electron chi connectivity index (χ3n) is 2.49. The van der Waals surface area contributed by atoms with Gasteiger partial charge in [0.2, 0.25) is 5.70 Å². The van der Waals surface area contributed by atoms with E-state index in [-0.39, 0.29) is 16.5 Å². The van der Waals surface area contributed by atoms with Crippen molar-refractivity contribution in [3.63, 3.8) is 0 Å². The summed E-state index contributed by atoms with van der Waals surface area (Å²) in [7, 11) is 0. The molecule has 20 heavy (non-hydrogen) atoms. The molecule has 1 aromatic rings. The van der Waals surface area contributed by atoms with Crippen LogP contribution in [0.25, 0.3) is 6.08 Å². The van der Waals surface area contributed by atoms with E-state index >= 15 is 0 Å². The van der Waals surface area contributed by atoms with Crippen LogP contribution in [0.15, 0.2) is 26.8 Å². The molecule has 0 radical (unpaired) electrons. The molecule has 1 aromatic carbocycles. The van der Waals surface area contributed by atoms with Gasteiger partial charge in [0.1, 0.15) is 5.75 Å². The lowest BCUT2D eigenvalue weighted by molar-refractivity contribution is -0.427. The highest BCUT2D eigenvalue weighted by atomic mass is 79.9. The molecule has 0 saturated carbocycles. The van der Waals surface area contributed by atoms with Crippen molar-refractivity contribution in [3.8, 4) is 5.75 Å². The van der Waals surface area contributed by atoms with Crippen molar-refractivity contribution in [1.29, 1.82) is 0 Å². The number of ether oxygens (including phenoxy) is 1. The normalized spacial score (nSPS) is 11.8. The minimum absolute atomic E-state index is 0.211. The number of nitrogens with zero attached hydrogens (tertiary/aromatic N) is 1. The molecule has 0 N–H and O–H groups in total. The molecular formula is C14H17Br2NO3. The number of hydrogen-bond donors (Lipinski definition) is 0. The average molecular weight is 407 g/mol. The highest BCUT2D eigenvalue weighted by Gasteiger charge is 2.14. The van der Waals surface area contributed by atoms with Crippen LogP contribution in [0.5, 0.6) is 5.75 Å². The predicted molar refractivity (Wildman–Crippen MR) is 87.4 cm³/mol. The second-order valence-corrected chi connectivity index (χ2v) is 6.45. The van der Waals surface area contributed by atoms with Gasteiger partial charge in [0.05, 0.1) is 20.5 Å². The van der Waals surface area contributed by atoms with Crippen molar-refractivity contribution in [2.75, 3.05) is 6.61 Å². The fourth-order valence-electron chi connectivity index (χ4n) is 1.74. The summed E-state index contributed by atoms with van der Waals surface area (Å²) in [6, 6.07) is 3.64.